The average molecular weight is 180 g/mol. The summed E-state index contributed by atoms with van der Waals surface area (Å²) in [5.74, 6) is 0.311. The van der Waals surface area contributed by atoms with Crippen LogP contribution in [0.15, 0.2) is 12.1 Å². The third kappa shape index (κ3) is 2.01. The van der Waals surface area contributed by atoms with E-state index in [9.17, 15) is 5.11 Å². The van der Waals surface area contributed by atoms with Crippen molar-refractivity contribution < 1.29 is 10.2 Å². The highest BCUT2D eigenvalue weighted by atomic mass is 16.3. The molecule has 0 aromatic heterocycles. The van der Waals surface area contributed by atoms with Gasteiger partial charge in [-0.15, -0.1) is 0 Å². The smallest absolute Gasteiger partial charge is 0.122 e. The number of aliphatic hydroxyl groups is 1. The summed E-state index contributed by atoms with van der Waals surface area (Å²) in [6.07, 6.45) is 0. The first-order valence-corrected chi connectivity index (χ1v) is 4.47. The molecule has 1 unspecified atom stereocenters. The predicted molar refractivity (Wildman–Crippen MR) is 53.1 cm³/mol. The summed E-state index contributed by atoms with van der Waals surface area (Å²) < 4.78 is 0. The summed E-state index contributed by atoms with van der Waals surface area (Å²) >= 11 is 0. The number of hydrogen-bond acceptors (Lipinski definition) is 2. The van der Waals surface area contributed by atoms with Crippen LogP contribution in [0.5, 0.6) is 5.75 Å². The fourth-order valence-electron chi connectivity index (χ4n) is 1.47. The van der Waals surface area contributed by atoms with Gasteiger partial charge in [-0.05, 0) is 25.0 Å². The van der Waals surface area contributed by atoms with Crippen LogP contribution in [0.2, 0.25) is 0 Å². The fraction of sp³-hybridized carbons (Fsp3) is 0.455. The second-order valence-corrected chi connectivity index (χ2v) is 3.60. The Balaban J connectivity index is 3.20. The van der Waals surface area contributed by atoms with Crippen molar-refractivity contribution in [2.24, 2.45) is 0 Å². The molecule has 0 saturated carbocycles. The number of aliphatic hydroxyl groups excluding tert-OH is 1. The summed E-state index contributed by atoms with van der Waals surface area (Å²) in [6.45, 7) is 5.82. The van der Waals surface area contributed by atoms with Crippen molar-refractivity contribution >= 4 is 0 Å². The molecule has 0 bridgehead atoms. The van der Waals surface area contributed by atoms with Crippen LogP contribution in [-0.2, 0) is 0 Å². The molecule has 2 N–H and O–H groups in total. The molecule has 0 fully saturated rings. The summed E-state index contributed by atoms with van der Waals surface area (Å²) in [5.41, 5.74) is 2.82. The molecular weight excluding hydrogens is 164 g/mol. The molecule has 13 heavy (non-hydrogen) atoms. The van der Waals surface area contributed by atoms with E-state index in [1.165, 1.54) is 0 Å². The lowest BCUT2D eigenvalue weighted by atomic mass is 9.96. The van der Waals surface area contributed by atoms with Crippen LogP contribution in [0.3, 0.4) is 0 Å². The highest BCUT2D eigenvalue weighted by Crippen LogP contribution is 2.29. The molecular formula is C11H16O2. The van der Waals surface area contributed by atoms with Crippen LogP contribution in [0.4, 0.5) is 0 Å². The van der Waals surface area contributed by atoms with Crippen molar-refractivity contribution in [3.63, 3.8) is 0 Å². The summed E-state index contributed by atoms with van der Waals surface area (Å²) in [5, 5.41) is 18.7. The van der Waals surface area contributed by atoms with Gasteiger partial charge in [0.25, 0.3) is 0 Å². The van der Waals surface area contributed by atoms with E-state index in [4.69, 9.17) is 5.11 Å². The van der Waals surface area contributed by atoms with Gasteiger partial charge in [-0.2, -0.15) is 0 Å². The standard InChI is InChI=1S/C11H16O2/c1-7-4-8(2)11(13)10(5-7)9(3)6-12/h4-5,9,12-13H,6H2,1-3H3. The Morgan fingerprint density at radius 2 is 1.92 bits per heavy atom. The molecule has 0 radical (unpaired) electrons. The second-order valence-electron chi connectivity index (χ2n) is 3.60. The lowest BCUT2D eigenvalue weighted by Crippen LogP contribution is -2.00. The van der Waals surface area contributed by atoms with Gasteiger partial charge in [0.1, 0.15) is 5.75 Å². The molecule has 0 aliphatic heterocycles. The minimum Gasteiger partial charge on any atom is -0.507 e. The maximum atomic E-state index is 9.71. The number of phenolic OH excluding ortho intramolecular Hbond substituents is 1. The largest absolute Gasteiger partial charge is 0.507 e. The van der Waals surface area contributed by atoms with Crippen molar-refractivity contribution in [1.29, 1.82) is 0 Å². The van der Waals surface area contributed by atoms with Crippen molar-refractivity contribution in [3.8, 4) is 5.75 Å². The van der Waals surface area contributed by atoms with E-state index >= 15 is 0 Å². The summed E-state index contributed by atoms with van der Waals surface area (Å²) in [4.78, 5) is 0. The van der Waals surface area contributed by atoms with Gasteiger partial charge in [0.15, 0.2) is 0 Å². The van der Waals surface area contributed by atoms with Gasteiger partial charge < -0.3 is 10.2 Å². The zero-order valence-electron chi connectivity index (χ0n) is 8.33. The Morgan fingerprint density at radius 1 is 1.31 bits per heavy atom. The third-order valence-corrected chi connectivity index (χ3v) is 2.28. The average Bonchev–Trinajstić information content (AvgIpc) is 2.10. The van der Waals surface area contributed by atoms with Gasteiger partial charge in [0, 0.05) is 12.5 Å². The van der Waals surface area contributed by atoms with Crippen molar-refractivity contribution in [1.82, 2.24) is 0 Å². The Hall–Kier alpha value is -1.02. The van der Waals surface area contributed by atoms with Crippen LogP contribution in [0.1, 0.15) is 29.5 Å². The zero-order chi connectivity index (χ0) is 10.0. The van der Waals surface area contributed by atoms with Crippen molar-refractivity contribution in [2.75, 3.05) is 6.61 Å². The molecule has 2 nitrogen and oxygen atoms in total. The lowest BCUT2D eigenvalue weighted by molar-refractivity contribution is 0.270. The SMILES string of the molecule is Cc1cc(C)c(O)c(C(C)CO)c1. The Morgan fingerprint density at radius 3 is 2.46 bits per heavy atom. The highest BCUT2D eigenvalue weighted by Gasteiger charge is 2.11. The molecule has 1 atom stereocenters. The number of phenols is 1. The van der Waals surface area contributed by atoms with Gasteiger partial charge in [0.2, 0.25) is 0 Å². The first kappa shape index (κ1) is 10.1. The maximum absolute atomic E-state index is 9.71. The molecule has 0 heterocycles. The molecule has 0 aliphatic carbocycles. The molecule has 0 amide bonds. The Kier molecular flexibility index (Phi) is 2.94. The monoisotopic (exact) mass is 180 g/mol. The topological polar surface area (TPSA) is 40.5 Å². The molecule has 0 aliphatic rings. The van der Waals surface area contributed by atoms with Crippen molar-refractivity contribution in [3.05, 3.63) is 28.8 Å². The van der Waals surface area contributed by atoms with Crippen LogP contribution in [0.25, 0.3) is 0 Å². The molecule has 72 valence electrons. The summed E-state index contributed by atoms with van der Waals surface area (Å²) in [6, 6.07) is 3.85. The highest BCUT2D eigenvalue weighted by molar-refractivity contribution is 5.44. The van der Waals surface area contributed by atoms with Gasteiger partial charge in [-0.3, -0.25) is 0 Å². The third-order valence-electron chi connectivity index (χ3n) is 2.28. The van der Waals surface area contributed by atoms with Gasteiger partial charge in [0.05, 0.1) is 0 Å². The minimum absolute atomic E-state index is 0.00130. The van der Waals surface area contributed by atoms with E-state index in [0.717, 1.165) is 16.7 Å². The van der Waals surface area contributed by atoms with Crippen LogP contribution in [0, 0.1) is 13.8 Å². The Bertz CT molecular complexity index is 305. The van der Waals surface area contributed by atoms with Crippen LogP contribution < -0.4 is 0 Å². The molecule has 0 spiro atoms. The quantitative estimate of drug-likeness (QED) is 0.731. The zero-order valence-corrected chi connectivity index (χ0v) is 8.33. The molecule has 1 rings (SSSR count). The molecule has 1 aromatic carbocycles. The van der Waals surface area contributed by atoms with E-state index < -0.39 is 0 Å². The number of rotatable bonds is 2. The molecule has 0 saturated heterocycles. The predicted octanol–water partition coefficient (Wildman–Crippen LogP) is 2.10. The van der Waals surface area contributed by atoms with Gasteiger partial charge >= 0.3 is 0 Å². The number of aryl methyl sites for hydroxylation is 2. The number of hydrogen-bond donors (Lipinski definition) is 2. The minimum atomic E-state index is -0.00130. The van der Waals surface area contributed by atoms with E-state index in [1.807, 2.05) is 32.9 Å². The van der Waals surface area contributed by atoms with Gasteiger partial charge in [-0.25, -0.2) is 0 Å². The summed E-state index contributed by atoms with van der Waals surface area (Å²) in [7, 11) is 0. The first-order valence-electron chi connectivity index (χ1n) is 4.47. The van der Waals surface area contributed by atoms with E-state index in [1.54, 1.807) is 0 Å². The van der Waals surface area contributed by atoms with E-state index in [0.29, 0.717) is 5.75 Å². The Labute approximate surface area is 78.8 Å². The molecule has 1 aromatic rings. The van der Waals surface area contributed by atoms with E-state index in [2.05, 4.69) is 0 Å². The van der Waals surface area contributed by atoms with Crippen molar-refractivity contribution in [2.45, 2.75) is 26.7 Å². The number of aromatic hydroxyl groups is 1. The lowest BCUT2D eigenvalue weighted by Gasteiger charge is -2.13. The van der Waals surface area contributed by atoms with Crippen LogP contribution in [-0.4, -0.2) is 16.8 Å². The first-order chi connectivity index (χ1) is 6.06. The maximum Gasteiger partial charge on any atom is 0.122 e. The fourth-order valence-corrected chi connectivity index (χ4v) is 1.47. The normalized spacial score (nSPS) is 12.9. The number of benzene rings is 1. The van der Waals surface area contributed by atoms with Crippen LogP contribution >= 0.6 is 0 Å². The molecule has 2 heteroatoms. The van der Waals surface area contributed by atoms with E-state index in [-0.39, 0.29) is 12.5 Å². The van der Waals surface area contributed by atoms with Gasteiger partial charge in [-0.1, -0.05) is 24.6 Å². The second kappa shape index (κ2) is 3.79.